The molecule has 14 heavy (non-hydrogen) atoms. The molecule has 2 nitrogen and oxygen atoms in total. The summed E-state index contributed by atoms with van der Waals surface area (Å²) in [6.07, 6.45) is 1.02. The van der Waals surface area contributed by atoms with Gasteiger partial charge in [-0.05, 0) is 34.0 Å². The predicted molar refractivity (Wildman–Crippen MR) is 54.9 cm³/mol. The topological polar surface area (TPSA) is 37.3 Å². The molecule has 1 aromatic carbocycles. The van der Waals surface area contributed by atoms with Crippen LogP contribution in [0.4, 0.5) is 4.39 Å². The molecule has 0 spiro atoms. The van der Waals surface area contributed by atoms with Crippen LogP contribution in [-0.2, 0) is 4.79 Å². The third-order valence-corrected chi connectivity index (χ3v) is 2.64. The summed E-state index contributed by atoms with van der Waals surface area (Å²) in [5.74, 6) is -0.609. The van der Waals surface area contributed by atoms with Gasteiger partial charge in [0.1, 0.15) is 17.9 Å². The summed E-state index contributed by atoms with van der Waals surface area (Å²) in [4.78, 5) is 10.3. The number of carbonyl (C=O) groups excluding carboxylic acids is 1. The Morgan fingerprint density at radius 2 is 2.29 bits per heavy atom. The summed E-state index contributed by atoms with van der Waals surface area (Å²) in [6.45, 7) is 1.76. The fourth-order valence-electron chi connectivity index (χ4n) is 1.23. The van der Waals surface area contributed by atoms with E-state index < -0.39 is 5.82 Å². The summed E-state index contributed by atoms with van der Waals surface area (Å²) < 4.78 is 13.3. The van der Waals surface area contributed by atoms with E-state index in [9.17, 15) is 14.3 Å². The molecule has 0 saturated heterocycles. The molecule has 0 fully saturated rings. The van der Waals surface area contributed by atoms with Crippen molar-refractivity contribution in [2.24, 2.45) is 0 Å². The Labute approximate surface area is 89.9 Å². The second-order valence-electron chi connectivity index (χ2n) is 3.13. The van der Waals surface area contributed by atoms with Gasteiger partial charge in [-0.25, -0.2) is 4.39 Å². The summed E-state index contributed by atoms with van der Waals surface area (Å²) in [6, 6.07) is 2.43. The minimum atomic E-state index is -0.428. The van der Waals surface area contributed by atoms with Crippen LogP contribution in [0.2, 0.25) is 0 Å². The molecule has 76 valence electrons. The Morgan fingerprint density at radius 1 is 1.64 bits per heavy atom. The van der Waals surface area contributed by atoms with E-state index in [1.165, 1.54) is 12.1 Å². The number of benzene rings is 1. The average Bonchev–Trinajstić information content (AvgIpc) is 2.11. The molecule has 4 heteroatoms. The number of phenolic OH excluding ortho intramolecular Hbond substituents is 1. The SMILES string of the molecule is CC(CC=O)c1cc(F)cc(Br)c1O. The van der Waals surface area contributed by atoms with E-state index in [0.29, 0.717) is 10.0 Å². The summed E-state index contributed by atoms with van der Waals surface area (Å²) in [7, 11) is 0. The van der Waals surface area contributed by atoms with Gasteiger partial charge < -0.3 is 9.90 Å². The molecule has 1 aromatic rings. The monoisotopic (exact) mass is 260 g/mol. The van der Waals surface area contributed by atoms with Crippen molar-refractivity contribution in [1.82, 2.24) is 0 Å². The fourth-order valence-corrected chi connectivity index (χ4v) is 1.68. The summed E-state index contributed by atoms with van der Waals surface area (Å²) in [5, 5.41) is 9.59. The van der Waals surface area contributed by atoms with Crippen molar-refractivity contribution in [3.63, 3.8) is 0 Å². The van der Waals surface area contributed by atoms with Crippen LogP contribution in [-0.4, -0.2) is 11.4 Å². The lowest BCUT2D eigenvalue weighted by molar-refractivity contribution is -0.108. The van der Waals surface area contributed by atoms with Crippen molar-refractivity contribution in [1.29, 1.82) is 0 Å². The molecule has 0 amide bonds. The van der Waals surface area contributed by atoms with E-state index in [1.807, 2.05) is 0 Å². The minimum absolute atomic E-state index is 0.000694. The fraction of sp³-hybridized carbons (Fsp3) is 0.300. The van der Waals surface area contributed by atoms with E-state index in [4.69, 9.17) is 0 Å². The Bertz CT molecular complexity index is 352. The van der Waals surface area contributed by atoms with Crippen molar-refractivity contribution < 1.29 is 14.3 Å². The van der Waals surface area contributed by atoms with Gasteiger partial charge in [-0.3, -0.25) is 0 Å². The normalized spacial score (nSPS) is 12.5. The molecule has 1 rings (SSSR count). The summed E-state index contributed by atoms with van der Waals surface area (Å²) in [5.41, 5.74) is 0.448. The second kappa shape index (κ2) is 4.55. The number of halogens is 2. The van der Waals surface area contributed by atoms with Crippen LogP contribution in [0.3, 0.4) is 0 Å². The van der Waals surface area contributed by atoms with Crippen molar-refractivity contribution in [2.45, 2.75) is 19.3 Å². The molecule has 0 saturated carbocycles. The van der Waals surface area contributed by atoms with Crippen LogP contribution in [0.5, 0.6) is 5.75 Å². The van der Waals surface area contributed by atoms with Gasteiger partial charge in [-0.15, -0.1) is 0 Å². The number of rotatable bonds is 3. The quantitative estimate of drug-likeness (QED) is 0.849. The lowest BCUT2D eigenvalue weighted by Gasteiger charge is -2.11. The van der Waals surface area contributed by atoms with Gasteiger partial charge in [0.2, 0.25) is 0 Å². The zero-order chi connectivity index (χ0) is 10.7. The van der Waals surface area contributed by atoms with E-state index in [1.54, 1.807) is 6.92 Å². The Kier molecular flexibility index (Phi) is 3.63. The number of hydrogen-bond donors (Lipinski definition) is 1. The van der Waals surface area contributed by atoms with Crippen molar-refractivity contribution >= 4 is 22.2 Å². The number of hydrogen-bond acceptors (Lipinski definition) is 2. The molecule has 0 aliphatic heterocycles. The van der Waals surface area contributed by atoms with Gasteiger partial charge in [-0.1, -0.05) is 6.92 Å². The Balaban J connectivity index is 3.12. The molecule has 1 atom stereocenters. The van der Waals surface area contributed by atoms with Crippen molar-refractivity contribution in [3.8, 4) is 5.75 Å². The van der Waals surface area contributed by atoms with Gasteiger partial charge in [0, 0.05) is 12.0 Å². The standard InChI is InChI=1S/C10H10BrFO2/c1-6(2-3-13)8-4-7(12)5-9(11)10(8)14/h3-6,14H,2H2,1H3. The molecule has 1 unspecified atom stereocenters. The predicted octanol–water partition coefficient (Wildman–Crippen LogP) is 2.99. The van der Waals surface area contributed by atoms with Crippen LogP contribution in [0.25, 0.3) is 0 Å². The first-order valence-corrected chi connectivity index (χ1v) is 4.97. The third-order valence-electron chi connectivity index (χ3n) is 2.04. The lowest BCUT2D eigenvalue weighted by Crippen LogP contribution is -1.96. The molecule has 0 bridgehead atoms. The highest BCUT2D eigenvalue weighted by molar-refractivity contribution is 9.10. The number of carbonyl (C=O) groups is 1. The van der Waals surface area contributed by atoms with E-state index in [-0.39, 0.29) is 18.1 Å². The average molecular weight is 261 g/mol. The van der Waals surface area contributed by atoms with Gasteiger partial charge in [0.15, 0.2) is 0 Å². The van der Waals surface area contributed by atoms with Crippen LogP contribution >= 0.6 is 15.9 Å². The van der Waals surface area contributed by atoms with Crippen LogP contribution in [0.15, 0.2) is 16.6 Å². The molecule has 0 radical (unpaired) electrons. The van der Waals surface area contributed by atoms with Crippen LogP contribution in [0, 0.1) is 5.82 Å². The molecular weight excluding hydrogens is 251 g/mol. The number of aromatic hydroxyl groups is 1. The number of phenols is 1. The first-order valence-electron chi connectivity index (χ1n) is 4.17. The van der Waals surface area contributed by atoms with Crippen LogP contribution in [0.1, 0.15) is 24.8 Å². The van der Waals surface area contributed by atoms with Crippen LogP contribution < -0.4 is 0 Å². The highest BCUT2D eigenvalue weighted by Gasteiger charge is 2.14. The van der Waals surface area contributed by atoms with E-state index in [2.05, 4.69) is 15.9 Å². The second-order valence-corrected chi connectivity index (χ2v) is 3.98. The van der Waals surface area contributed by atoms with Crippen molar-refractivity contribution in [3.05, 3.63) is 28.0 Å². The van der Waals surface area contributed by atoms with E-state index >= 15 is 0 Å². The molecule has 0 aliphatic carbocycles. The highest BCUT2D eigenvalue weighted by atomic mass is 79.9. The van der Waals surface area contributed by atoms with Gasteiger partial charge >= 0.3 is 0 Å². The third kappa shape index (κ3) is 2.32. The molecule has 0 aliphatic rings. The van der Waals surface area contributed by atoms with E-state index in [0.717, 1.165) is 6.29 Å². The minimum Gasteiger partial charge on any atom is -0.506 e. The first-order chi connectivity index (χ1) is 6.56. The zero-order valence-electron chi connectivity index (χ0n) is 7.63. The molecule has 1 N–H and O–H groups in total. The number of aldehydes is 1. The van der Waals surface area contributed by atoms with Crippen molar-refractivity contribution in [2.75, 3.05) is 0 Å². The Morgan fingerprint density at radius 3 is 2.86 bits per heavy atom. The maximum Gasteiger partial charge on any atom is 0.133 e. The molecule has 0 heterocycles. The Hall–Kier alpha value is -0.900. The molecular formula is C10H10BrFO2. The lowest BCUT2D eigenvalue weighted by atomic mass is 9.97. The maximum atomic E-state index is 13.0. The summed E-state index contributed by atoms with van der Waals surface area (Å²) >= 11 is 3.04. The van der Waals surface area contributed by atoms with Gasteiger partial charge in [0.05, 0.1) is 4.47 Å². The molecule has 0 aromatic heterocycles. The van der Waals surface area contributed by atoms with Gasteiger partial charge in [-0.2, -0.15) is 0 Å². The highest BCUT2D eigenvalue weighted by Crippen LogP contribution is 2.34. The largest absolute Gasteiger partial charge is 0.506 e. The first kappa shape index (κ1) is 11.2. The van der Waals surface area contributed by atoms with Gasteiger partial charge in [0.25, 0.3) is 0 Å². The maximum absolute atomic E-state index is 13.0. The smallest absolute Gasteiger partial charge is 0.133 e. The zero-order valence-corrected chi connectivity index (χ0v) is 9.21.